The molecular weight excluding hydrogens is 219 g/mol. The molecule has 0 aliphatic carbocycles. The Bertz CT molecular complexity index is 370. The highest BCUT2D eigenvalue weighted by Crippen LogP contribution is 2.27. The van der Waals surface area contributed by atoms with E-state index in [4.69, 9.17) is 0 Å². The predicted molar refractivity (Wildman–Crippen MR) is 65.6 cm³/mol. The summed E-state index contributed by atoms with van der Waals surface area (Å²) in [6.07, 6.45) is -0.961. The molecule has 0 amide bonds. The Morgan fingerprint density at radius 3 is 2.00 bits per heavy atom. The SMILES string of the molecule is COC(=O)C(C)c1ccc(C(F)C(C)C)cc1. The zero-order valence-electron chi connectivity index (χ0n) is 10.7. The van der Waals surface area contributed by atoms with Crippen LogP contribution >= 0.6 is 0 Å². The number of esters is 1. The first-order valence-corrected chi connectivity index (χ1v) is 5.79. The van der Waals surface area contributed by atoms with Gasteiger partial charge in [-0.1, -0.05) is 38.1 Å². The molecule has 0 radical (unpaired) electrons. The first-order valence-electron chi connectivity index (χ1n) is 5.79. The molecule has 0 spiro atoms. The number of halogens is 1. The van der Waals surface area contributed by atoms with Gasteiger partial charge in [0, 0.05) is 0 Å². The summed E-state index contributed by atoms with van der Waals surface area (Å²) in [5.74, 6) is -0.636. The van der Waals surface area contributed by atoms with Crippen LogP contribution in [0.25, 0.3) is 0 Å². The van der Waals surface area contributed by atoms with E-state index < -0.39 is 6.17 Å². The van der Waals surface area contributed by atoms with Gasteiger partial charge in [-0.3, -0.25) is 4.79 Å². The van der Waals surface area contributed by atoms with Crippen molar-refractivity contribution in [2.24, 2.45) is 5.92 Å². The van der Waals surface area contributed by atoms with E-state index in [-0.39, 0.29) is 17.8 Å². The number of rotatable bonds is 4. The Hall–Kier alpha value is -1.38. The lowest BCUT2D eigenvalue weighted by atomic mass is 9.96. The van der Waals surface area contributed by atoms with Crippen molar-refractivity contribution in [3.63, 3.8) is 0 Å². The molecule has 0 bridgehead atoms. The highest BCUT2D eigenvalue weighted by atomic mass is 19.1. The molecule has 0 N–H and O–H groups in total. The summed E-state index contributed by atoms with van der Waals surface area (Å²) in [7, 11) is 1.36. The van der Waals surface area contributed by atoms with Gasteiger partial charge in [0.2, 0.25) is 0 Å². The number of ether oxygens (including phenoxy) is 1. The fraction of sp³-hybridized carbons (Fsp3) is 0.500. The number of carbonyl (C=O) groups is 1. The van der Waals surface area contributed by atoms with Crippen molar-refractivity contribution in [3.05, 3.63) is 35.4 Å². The molecule has 0 aliphatic heterocycles. The van der Waals surface area contributed by atoms with Gasteiger partial charge in [0.25, 0.3) is 0 Å². The lowest BCUT2D eigenvalue weighted by Crippen LogP contribution is -2.11. The van der Waals surface area contributed by atoms with Crippen LogP contribution in [0.2, 0.25) is 0 Å². The number of carbonyl (C=O) groups excluding carboxylic acids is 1. The molecule has 2 unspecified atom stereocenters. The van der Waals surface area contributed by atoms with Crippen molar-refractivity contribution in [1.29, 1.82) is 0 Å². The van der Waals surface area contributed by atoms with Crippen LogP contribution in [-0.2, 0) is 9.53 Å². The molecule has 1 aromatic carbocycles. The van der Waals surface area contributed by atoms with Crippen LogP contribution in [-0.4, -0.2) is 13.1 Å². The van der Waals surface area contributed by atoms with Crippen LogP contribution in [0.1, 0.15) is 44.0 Å². The summed E-state index contributed by atoms with van der Waals surface area (Å²) in [5.41, 5.74) is 1.50. The Morgan fingerprint density at radius 1 is 1.12 bits per heavy atom. The zero-order chi connectivity index (χ0) is 13.0. The molecule has 0 aliphatic rings. The maximum Gasteiger partial charge on any atom is 0.312 e. The third-order valence-corrected chi connectivity index (χ3v) is 2.89. The fourth-order valence-electron chi connectivity index (χ4n) is 1.67. The predicted octanol–water partition coefficient (Wildman–Crippen LogP) is 3.63. The number of hydrogen-bond donors (Lipinski definition) is 0. The second-order valence-corrected chi connectivity index (χ2v) is 4.56. The molecule has 94 valence electrons. The molecule has 0 saturated carbocycles. The van der Waals surface area contributed by atoms with E-state index in [2.05, 4.69) is 4.74 Å². The maximum absolute atomic E-state index is 13.7. The number of benzene rings is 1. The van der Waals surface area contributed by atoms with E-state index in [0.717, 1.165) is 5.56 Å². The molecule has 0 heterocycles. The molecule has 17 heavy (non-hydrogen) atoms. The van der Waals surface area contributed by atoms with Gasteiger partial charge < -0.3 is 4.74 Å². The second-order valence-electron chi connectivity index (χ2n) is 4.56. The standard InChI is InChI=1S/C14H19FO2/c1-9(2)13(15)12-7-5-11(6-8-12)10(3)14(16)17-4/h5-10,13H,1-4H3. The number of methoxy groups -OCH3 is 1. The van der Waals surface area contributed by atoms with E-state index in [1.54, 1.807) is 31.2 Å². The van der Waals surface area contributed by atoms with Crippen LogP contribution in [0, 0.1) is 5.92 Å². The molecule has 3 heteroatoms. The molecule has 1 aromatic rings. The van der Waals surface area contributed by atoms with Gasteiger partial charge in [0.1, 0.15) is 6.17 Å². The lowest BCUT2D eigenvalue weighted by Gasteiger charge is -2.14. The smallest absolute Gasteiger partial charge is 0.312 e. The summed E-state index contributed by atoms with van der Waals surface area (Å²) >= 11 is 0. The average molecular weight is 238 g/mol. The average Bonchev–Trinajstić information content (AvgIpc) is 2.36. The van der Waals surface area contributed by atoms with E-state index in [1.165, 1.54) is 7.11 Å². The summed E-state index contributed by atoms with van der Waals surface area (Å²) in [6, 6.07) is 7.04. The quantitative estimate of drug-likeness (QED) is 0.749. The highest BCUT2D eigenvalue weighted by molar-refractivity contribution is 5.77. The van der Waals surface area contributed by atoms with Gasteiger partial charge in [-0.25, -0.2) is 4.39 Å². The van der Waals surface area contributed by atoms with Crippen LogP contribution in [0.15, 0.2) is 24.3 Å². The summed E-state index contributed by atoms with van der Waals surface area (Å²) in [4.78, 5) is 11.3. The molecular formula is C14H19FO2. The first-order chi connectivity index (χ1) is 7.97. The second kappa shape index (κ2) is 5.80. The topological polar surface area (TPSA) is 26.3 Å². The monoisotopic (exact) mass is 238 g/mol. The highest BCUT2D eigenvalue weighted by Gasteiger charge is 2.17. The van der Waals surface area contributed by atoms with E-state index >= 15 is 0 Å². The van der Waals surface area contributed by atoms with E-state index in [1.807, 2.05) is 13.8 Å². The van der Waals surface area contributed by atoms with E-state index in [9.17, 15) is 9.18 Å². The molecule has 0 saturated heterocycles. The van der Waals surface area contributed by atoms with Gasteiger partial charge in [0.05, 0.1) is 13.0 Å². The Labute approximate surface area is 102 Å². The fourth-order valence-corrected chi connectivity index (χ4v) is 1.67. The molecule has 2 atom stereocenters. The van der Waals surface area contributed by atoms with Gasteiger partial charge in [-0.05, 0) is 24.0 Å². The summed E-state index contributed by atoms with van der Waals surface area (Å²) < 4.78 is 18.4. The third-order valence-electron chi connectivity index (χ3n) is 2.89. The summed E-state index contributed by atoms with van der Waals surface area (Å²) in [5, 5.41) is 0. The Morgan fingerprint density at radius 2 is 1.59 bits per heavy atom. The van der Waals surface area contributed by atoms with E-state index in [0.29, 0.717) is 5.56 Å². The lowest BCUT2D eigenvalue weighted by molar-refractivity contribution is -0.141. The van der Waals surface area contributed by atoms with Crippen LogP contribution < -0.4 is 0 Å². The minimum Gasteiger partial charge on any atom is -0.469 e. The van der Waals surface area contributed by atoms with Crippen LogP contribution in [0.5, 0.6) is 0 Å². The van der Waals surface area contributed by atoms with Gasteiger partial charge in [-0.2, -0.15) is 0 Å². The van der Waals surface area contributed by atoms with Crippen molar-refractivity contribution in [2.75, 3.05) is 7.11 Å². The maximum atomic E-state index is 13.7. The van der Waals surface area contributed by atoms with Crippen LogP contribution in [0.4, 0.5) is 4.39 Å². The van der Waals surface area contributed by atoms with Gasteiger partial charge >= 0.3 is 5.97 Å². The van der Waals surface area contributed by atoms with Gasteiger partial charge in [0.15, 0.2) is 0 Å². The first kappa shape index (κ1) is 13.7. The van der Waals surface area contributed by atoms with Gasteiger partial charge in [-0.15, -0.1) is 0 Å². The molecule has 1 rings (SSSR count). The molecule has 0 fully saturated rings. The molecule has 0 aromatic heterocycles. The van der Waals surface area contributed by atoms with Crippen molar-refractivity contribution in [2.45, 2.75) is 32.9 Å². The zero-order valence-corrected chi connectivity index (χ0v) is 10.7. The third kappa shape index (κ3) is 3.29. The number of hydrogen-bond acceptors (Lipinski definition) is 2. The van der Waals surface area contributed by atoms with Crippen molar-refractivity contribution < 1.29 is 13.9 Å². The minimum absolute atomic E-state index is 0.0427. The Balaban J connectivity index is 2.84. The molecule has 2 nitrogen and oxygen atoms in total. The van der Waals surface area contributed by atoms with Crippen molar-refractivity contribution >= 4 is 5.97 Å². The normalized spacial score (nSPS) is 14.5. The van der Waals surface area contributed by atoms with Crippen molar-refractivity contribution in [1.82, 2.24) is 0 Å². The minimum atomic E-state index is -0.961. The number of alkyl halides is 1. The van der Waals surface area contributed by atoms with Crippen LogP contribution in [0.3, 0.4) is 0 Å². The largest absolute Gasteiger partial charge is 0.469 e. The summed E-state index contributed by atoms with van der Waals surface area (Å²) in [6.45, 7) is 5.46. The van der Waals surface area contributed by atoms with Crippen molar-refractivity contribution in [3.8, 4) is 0 Å². The Kier molecular flexibility index (Phi) is 4.67.